The van der Waals surface area contributed by atoms with Gasteiger partial charge in [0, 0.05) is 5.54 Å². The maximum absolute atomic E-state index is 13.5. The van der Waals surface area contributed by atoms with Gasteiger partial charge in [0.05, 0.1) is 12.7 Å². The van der Waals surface area contributed by atoms with Crippen LogP contribution in [-0.2, 0) is 0 Å². The Morgan fingerprint density at radius 1 is 1.56 bits per heavy atom. The lowest BCUT2D eigenvalue weighted by molar-refractivity contribution is 0.135. The molecular formula is C12H16FNO2. The van der Waals surface area contributed by atoms with Crippen molar-refractivity contribution in [1.29, 1.82) is 0 Å². The van der Waals surface area contributed by atoms with Gasteiger partial charge in [-0.3, -0.25) is 0 Å². The van der Waals surface area contributed by atoms with E-state index in [1.165, 1.54) is 12.1 Å². The SMILES string of the molecule is CCOc1ccc(C(O)C2(N)CC2)cc1F. The van der Waals surface area contributed by atoms with E-state index in [1.807, 2.05) is 0 Å². The fraction of sp³-hybridized carbons (Fsp3) is 0.500. The van der Waals surface area contributed by atoms with Crippen LogP contribution in [0.1, 0.15) is 31.4 Å². The molecule has 3 N–H and O–H groups in total. The van der Waals surface area contributed by atoms with Gasteiger partial charge in [-0.2, -0.15) is 0 Å². The third-order valence-electron chi connectivity index (χ3n) is 2.94. The largest absolute Gasteiger partial charge is 0.491 e. The number of nitrogens with two attached hydrogens (primary N) is 1. The van der Waals surface area contributed by atoms with Crippen molar-refractivity contribution < 1.29 is 14.2 Å². The zero-order chi connectivity index (χ0) is 11.8. The Balaban J connectivity index is 2.20. The molecule has 0 heterocycles. The molecule has 1 saturated carbocycles. The van der Waals surface area contributed by atoms with Crippen LogP contribution in [0, 0.1) is 5.82 Å². The van der Waals surface area contributed by atoms with Crippen molar-refractivity contribution in [2.75, 3.05) is 6.61 Å². The molecule has 0 radical (unpaired) electrons. The van der Waals surface area contributed by atoms with E-state index in [0.717, 1.165) is 12.8 Å². The zero-order valence-electron chi connectivity index (χ0n) is 9.24. The summed E-state index contributed by atoms with van der Waals surface area (Å²) < 4.78 is 18.6. The van der Waals surface area contributed by atoms with E-state index in [-0.39, 0.29) is 5.75 Å². The molecule has 16 heavy (non-hydrogen) atoms. The molecule has 88 valence electrons. The second-order valence-electron chi connectivity index (χ2n) is 4.26. The summed E-state index contributed by atoms with van der Waals surface area (Å²) in [6, 6.07) is 4.48. The monoisotopic (exact) mass is 225 g/mol. The molecule has 1 aromatic rings. The highest BCUT2D eigenvalue weighted by atomic mass is 19.1. The molecule has 1 aliphatic rings. The Morgan fingerprint density at radius 2 is 2.25 bits per heavy atom. The molecule has 1 aromatic carbocycles. The van der Waals surface area contributed by atoms with Gasteiger partial charge in [-0.25, -0.2) is 4.39 Å². The molecule has 0 aromatic heterocycles. The van der Waals surface area contributed by atoms with Crippen molar-refractivity contribution in [1.82, 2.24) is 0 Å². The van der Waals surface area contributed by atoms with Crippen molar-refractivity contribution in [2.24, 2.45) is 5.73 Å². The molecule has 1 aliphatic carbocycles. The fourth-order valence-electron chi connectivity index (χ4n) is 1.71. The molecule has 0 amide bonds. The van der Waals surface area contributed by atoms with Crippen LogP contribution in [0.15, 0.2) is 18.2 Å². The normalized spacial score (nSPS) is 19.2. The quantitative estimate of drug-likeness (QED) is 0.820. The van der Waals surface area contributed by atoms with Gasteiger partial charge in [0.1, 0.15) is 0 Å². The molecule has 4 heteroatoms. The van der Waals surface area contributed by atoms with Gasteiger partial charge in [-0.15, -0.1) is 0 Å². The summed E-state index contributed by atoms with van der Waals surface area (Å²) >= 11 is 0. The Hall–Kier alpha value is -1.13. The van der Waals surface area contributed by atoms with E-state index >= 15 is 0 Å². The predicted molar refractivity (Wildman–Crippen MR) is 58.7 cm³/mol. The molecular weight excluding hydrogens is 209 g/mol. The molecule has 1 unspecified atom stereocenters. The first-order chi connectivity index (χ1) is 7.57. The first kappa shape index (κ1) is 11.4. The fourth-order valence-corrected chi connectivity index (χ4v) is 1.71. The highest BCUT2D eigenvalue weighted by molar-refractivity contribution is 5.33. The van der Waals surface area contributed by atoms with Crippen LogP contribution in [-0.4, -0.2) is 17.3 Å². The molecule has 1 atom stereocenters. The standard InChI is InChI=1S/C12H16FNO2/c1-2-16-10-4-3-8(7-9(10)13)11(15)12(14)5-6-12/h3-4,7,11,15H,2,5-6,14H2,1H3. The molecule has 3 nitrogen and oxygen atoms in total. The van der Waals surface area contributed by atoms with Crippen LogP contribution in [0.4, 0.5) is 4.39 Å². The maximum atomic E-state index is 13.5. The number of hydrogen-bond acceptors (Lipinski definition) is 3. The minimum atomic E-state index is -0.794. The molecule has 2 rings (SSSR count). The Morgan fingerprint density at radius 3 is 2.75 bits per heavy atom. The van der Waals surface area contributed by atoms with Crippen LogP contribution in [0.2, 0.25) is 0 Å². The van der Waals surface area contributed by atoms with Crippen molar-refractivity contribution in [3.8, 4) is 5.75 Å². The Labute approximate surface area is 94.0 Å². The van der Waals surface area contributed by atoms with Crippen molar-refractivity contribution in [2.45, 2.75) is 31.4 Å². The van der Waals surface area contributed by atoms with Crippen LogP contribution in [0.5, 0.6) is 5.75 Å². The summed E-state index contributed by atoms with van der Waals surface area (Å²) in [6.45, 7) is 2.21. The average Bonchev–Trinajstić information content (AvgIpc) is 3.00. The Kier molecular flexibility index (Phi) is 2.86. The van der Waals surface area contributed by atoms with Crippen molar-refractivity contribution in [3.63, 3.8) is 0 Å². The molecule has 1 fully saturated rings. The topological polar surface area (TPSA) is 55.5 Å². The molecule has 0 spiro atoms. The van der Waals surface area contributed by atoms with Crippen molar-refractivity contribution in [3.05, 3.63) is 29.6 Å². The molecule has 0 bridgehead atoms. The maximum Gasteiger partial charge on any atom is 0.165 e. The zero-order valence-corrected chi connectivity index (χ0v) is 9.24. The van der Waals surface area contributed by atoms with Gasteiger partial charge in [-0.05, 0) is 37.5 Å². The second-order valence-corrected chi connectivity index (χ2v) is 4.26. The summed E-state index contributed by atoms with van der Waals surface area (Å²) in [5.41, 5.74) is 5.82. The van der Waals surface area contributed by atoms with E-state index in [1.54, 1.807) is 13.0 Å². The van der Waals surface area contributed by atoms with Gasteiger partial charge < -0.3 is 15.6 Å². The number of ether oxygens (including phenoxy) is 1. The lowest BCUT2D eigenvalue weighted by Crippen LogP contribution is -2.30. The van der Waals surface area contributed by atoms with E-state index < -0.39 is 17.5 Å². The number of rotatable bonds is 4. The van der Waals surface area contributed by atoms with Crippen LogP contribution < -0.4 is 10.5 Å². The number of aliphatic hydroxyl groups is 1. The summed E-state index contributed by atoms with van der Waals surface area (Å²) in [4.78, 5) is 0. The number of aliphatic hydroxyl groups excluding tert-OH is 1. The minimum absolute atomic E-state index is 0.209. The Bertz CT molecular complexity index is 391. The first-order valence-corrected chi connectivity index (χ1v) is 5.46. The van der Waals surface area contributed by atoms with Crippen LogP contribution in [0.3, 0.4) is 0 Å². The van der Waals surface area contributed by atoms with E-state index in [4.69, 9.17) is 10.5 Å². The van der Waals surface area contributed by atoms with E-state index in [2.05, 4.69) is 0 Å². The highest BCUT2D eigenvalue weighted by Gasteiger charge is 2.45. The minimum Gasteiger partial charge on any atom is -0.491 e. The van der Waals surface area contributed by atoms with Crippen molar-refractivity contribution >= 4 is 0 Å². The summed E-state index contributed by atoms with van der Waals surface area (Å²) in [5.74, 6) is -0.247. The average molecular weight is 225 g/mol. The summed E-state index contributed by atoms with van der Waals surface area (Å²) in [5, 5.41) is 9.93. The van der Waals surface area contributed by atoms with Gasteiger partial charge in [0.25, 0.3) is 0 Å². The second kappa shape index (κ2) is 4.03. The highest BCUT2D eigenvalue weighted by Crippen LogP contribution is 2.43. The van der Waals surface area contributed by atoms with Crippen LogP contribution in [0.25, 0.3) is 0 Å². The molecule has 0 saturated heterocycles. The third kappa shape index (κ3) is 2.03. The van der Waals surface area contributed by atoms with Gasteiger partial charge in [0.2, 0.25) is 0 Å². The lowest BCUT2D eigenvalue weighted by Gasteiger charge is -2.18. The first-order valence-electron chi connectivity index (χ1n) is 5.46. The van der Waals surface area contributed by atoms with Gasteiger partial charge in [-0.1, -0.05) is 6.07 Å². The van der Waals surface area contributed by atoms with Gasteiger partial charge >= 0.3 is 0 Å². The summed E-state index contributed by atoms with van der Waals surface area (Å²) in [7, 11) is 0. The van der Waals surface area contributed by atoms with E-state index in [0.29, 0.717) is 12.2 Å². The van der Waals surface area contributed by atoms with Gasteiger partial charge in [0.15, 0.2) is 11.6 Å². The molecule has 0 aliphatic heterocycles. The van der Waals surface area contributed by atoms with E-state index in [9.17, 15) is 9.50 Å². The predicted octanol–water partition coefficient (Wildman–Crippen LogP) is 1.75. The lowest BCUT2D eigenvalue weighted by atomic mass is 10.0. The van der Waals surface area contributed by atoms with Crippen LogP contribution >= 0.6 is 0 Å². The smallest absolute Gasteiger partial charge is 0.165 e. The third-order valence-corrected chi connectivity index (χ3v) is 2.94. The number of hydrogen-bond donors (Lipinski definition) is 2. The number of halogens is 1. The summed E-state index contributed by atoms with van der Waals surface area (Å²) in [6.07, 6.45) is 0.768. The number of benzene rings is 1.